The fourth-order valence-corrected chi connectivity index (χ4v) is 5.28. The minimum Gasteiger partial charge on any atom is -0.484 e. The second kappa shape index (κ2) is 9.38. The Morgan fingerprint density at radius 1 is 1.28 bits per heavy atom. The van der Waals surface area contributed by atoms with Crippen molar-refractivity contribution in [2.24, 2.45) is 5.92 Å². The van der Waals surface area contributed by atoms with E-state index in [-0.39, 0.29) is 29.0 Å². The molecular weight excluding hydrogens is 398 g/mol. The Hall–Kier alpha value is -1.75. The van der Waals surface area contributed by atoms with Crippen molar-refractivity contribution >= 4 is 15.7 Å². The van der Waals surface area contributed by atoms with Crippen molar-refractivity contribution in [1.82, 2.24) is 9.21 Å². The summed E-state index contributed by atoms with van der Waals surface area (Å²) in [5.74, 6) is 0.598. The summed E-state index contributed by atoms with van der Waals surface area (Å²) in [4.78, 5) is 13.1. The molecule has 3 rings (SSSR count). The summed E-state index contributed by atoms with van der Waals surface area (Å²) >= 11 is 0. The molecule has 9 nitrogen and oxygen atoms in total. The van der Waals surface area contributed by atoms with Crippen LogP contribution in [0.4, 0.5) is 5.69 Å². The van der Waals surface area contributed by atoms with Gasteiger partial charge in [-0.2, -0.15) is 4.31 Å². The van der Waals surface area contributed by atoms with E-state index in [1.54, 1.807) is 0 Å². The zero-order valence-corrected chi connectivity index (χ0v) is 17.8. The predicted octanol–water partition coefficient (Wildman–Crippen LogP) is 2.11. The molecule has 0 spiro atoms. The molecule has 2 fully saturated rings. The summed E-state index contributed by atoms with van der Waals surface area (Å²) in [5.41, 5.74) is -0.347. The molecule has 0 amide bonds. The molecule has 0 aliphatic carbocycles. The van der Waals surface area contributed by atoms with Crippen LogP contribution in [0, 0.1) is 16.0 Å². The Morgan fingerprint density at radius 3 is 2.66 bits per heavy atom. The van der Waals surface area contributed by atoms with Crippen molar-refractivity contribution < 1.29 is 22.8 Å². The number of hydrogen-bond donors (Lipinski definition) is 0. The van der Waals surface area contributed by atoms with Gasteiger partial charge in [-0.15, -0.1) is 0 Å². The molecule has 0 radical (unpaired) electrons. The van der Waals surface area contributed by atoms with Gasteiger partial charge in [-0.05, 0) is 30.9 Å². The molecule has 1 atom stereocenters. The highest BCUT2D eigenvalue weighted by Crippen LogP contribution is 2.32. The van der Waals surface area contributed by atoms with Crippen LogP contribution in [0.1, 0.15) is 26.7 Å². The molecule has 162 valence electrons. The summed E-state index contributed by atoms with van der Waals surface area (Å²) in [6, 6.07) is 3.84. The number of benzene rings is 1. The topological polar surface area (TPSA) is 102 Å². The molecule has 2 heterocycles. The molecule has 29 heavy (non-hydrogen) atoms. The number of morpholine rings is 1. The van der Waals surface area contributed by atoms with Gasteiger partial charge in [0, 0.05) is 38.8 Å². The quantitative estimate of drug-likeness (QED) is 0.462. The molecule has 1 aromatic carbocycles. The van der Waals surface area contributed by atoms with Crippen molar-refractivity contribution in [2.75, 3.05) is 45.9 Å². The lowest BCUT2D eigenvalue weighted by Crippen LogP contribution is -2.46. The second-order valence-corrected chi connectivity index (χ2v) is 9.89. The van der Waals surface area contributed by atoms with Crippen LogP contribution in [-0.4, -0.2) is 74.6 Å². The highest BCUT2D eigenvalue weighted by Gasteiger charge is 2.30. The monoisotopic (exact) mass is 427 g/mol. The van der Waals surface area contributed by atoms with E-state index in [4.69, 9.17) is 9.47 Å². The predicted molar refractivity (Wildman–Crippen MR) is 108 cm³/mol. The van der Waals surface area contributed by atoms with Crippen LogP contribution in [0.3, 0.4) is 0 Å². The molecule has 1 aromatic rings. The fraction of sp³-hybridized carbons (Fsp3) is 0.684. The molecule has 10 heteroatoms. The largest absolute Gasteiger partial charge is 0.484 e. The third kappa shape index (κ3) is 5.44. The van der Waals surface area contributed by atoms with E-state index in [2.05, 4.69) is 18.7 Å². The number of rotatable bonds is 8. The van der Waals surface area contributed by atoms with Gasteiger partial charge < -0.3 is 9.47 Å². The standard InChI is InChI=1S/C19H29N3O6S/c1-15(2)12-20-9-10-27-16(13-20)14-28-19-6-5-17(11-18(19)22(23)24)29(25,26)21-7-3-4-8-21/h5-6,11,15-16H,3-4,7-10,12-14H2,1-2H3/t16-/m0/s1. The van der Waals surface area contributed by atoms with Gasteiger partial charge in [0.2, 0.25) is 10.0 Å². The third-order valence-electron chi connectivity index (χ3n) is 5.10. The molecule has 2 aliphatic rings. The minimum absolute atomic E-state index is 0.0555. The van der Waals surface area contributed by atoms with E-state index < -0.39 is 14.9 Å². The molecule has 0 bridgehead atoms. The average molecular weight is 428 g/mol. The normalized spacial score (nSPS) is 21.6. The van der Waals surface area contributed by atoms with E-state index in [1.807, 2.05) is 0 Å². The Bertz CT molecular complexity index is 823. The number of nitro groups is 1. The lowest BCUT2D eigenvalue weighted by atomic mass is 10.2. The van der Waals surface area contributed by atoms with Crippen LogP contribution < -0.4 is 4.74 Å². The SMILES string of the molecule is CC(C)CN1CCO[C@H](COc2ccc(S(=O)(=O)N3CCCC3)cc2[N+](=O)[O-])C1. The van der Waals surface area contributed by atoms with Crippen LogP contribution >= 0.6 is 0 Å². The molecular formula is C19H29N3O6S. The second-order valence-electron chi connectivity index (χ2n) is 7.96. The van der Waals surface area contributed by atoms with Gasteiger partial charge in [-0.3, -0.25) is 15.0 Å². The zero-order valence-electron chi connectivity index (χ0n) is 17.0. The molecule has 0 unspecified atom stereocenters. The number of nitro benzene ring substituents is 1. The van der Waals surface area contributed by atoms with Crippen molar-refractivity contribution in [3.05, 3.63) is 28.3 Å². The van der Waals surface area contributed by atoms with Crippen molar-refractivity contribution in [3.63, 3.8) is 0 Å². The van der Waals surface area contributed by atoms with Gasteiger partial charge in [0.05, 0.1) is 16.4 Å². The van der Waals surface area contributed by atoms with Crippen molar-refractivity contribution in [1.29, 1.82) is 0 Å². The van der Waals surface area contributed by atoms with Gasteiger partial charge in [0.1, 0.15) is 12.7 Å². The maximum absolute atomic E-state index is 12.7. The summed E-state index contributed by atoms with van der Waals surface area (Å²) in [5, 5.41) is 11.5. The summed E-state index contributed by atoms with van der Waals surface area (Å²) in [6.07, 6.45) is 1.42. The van der Waals surface area contributed by atoms with Crippen molar-refractivity contribution in [3.8, 4) is 5.75 Å². The van der Waals surface area contributed by atoms with Crippen LogP contribution in [-0.2, 0) is 14.8 Å². The van der Waals surface area contributed by atoms with Crippen LogP contribution in [0.2, 0.25) is 0 Å². The maximum atomic E-state index is 12.7. The van der Waals surface area contributed by atoms with Crippen LogP contribution in [0.15, 0.2) is 23.1 Å². The first-order valence-corrected chi connectivity index (χ1v) is 11.5. The smallest absolute Gasteiger partial charge is 0.312 e. The number of hydrogen-bond acceptors (Lipinski definition) is 7. The Labute approximate surface area is 171 Å². The molecule has 0 aromatic heterocycles. The Balaban J connectivity index is 1.70. The first-order chi connectivity index (χ1) is 13.8. The summed E-state index contributed by atoms with van der Waals surface area (Å²) in [6.45, 7) is 8.49. The molecule has 2 saturated heterocycles. The van der Waals surface area contributed by atoms with E-state index in [0.29, 0.717) is 32.2 Å². The van der Waals surface area contributed by atoms with Gasteiger partial charge in [-0.1, -0.05) is 13.8 Å². The molecule has 0 N–H and O–H groups in total. The van der Waals surface area contributed by atoms with Gasteiger partial charge in [0.15, 0.2) is 5.75 Å². The Kier molecular flexibility index (Phi) is 7.10. The zero-order chi connectivity index (χ0) is 21.0. The number of ether oxygens (including phenoxy) is 2. The van der Waals surface area contributed by atoms with Crippen molar-refractivity contribution in [2.45, 2.75) is 37.7 Å². The maximum Gasteiger partial charge on any atom is 0.312 e. The summed E-state index contributed by atoms with van der Waals surface area (Å²) < 4.78 is 38.1. The number of nitrogens with zero attached hydrogens (tertiary/aromatic N) is 3. The van der Waals surface area contributed by atoms with E-state index >= 15 is 0 Å². The average Bonchev–Trinajstić information content (AvgIpc) is 3.21. The summed E-state index contributed by atoms with van der Waals surface area (Å²) in [7, 11) is -3.72. The molecule has 2 aliphatic heterocycles. The lowest BCUT2D eigenvalue weighted by Gasteiger charge is -2.33. The molecule has 0 saturated carbocycles. The fourth-order valence-electron chi connectivity index (χ4n) is 3.75. The van der Waals surface area contributed by atoms with E-state index in [9.17, 15) is 18.5 Å². The van der Waals surface area contributed by atoms with Gasteiger partial charge in [0.25, 0.3) is 0 Å². The van der Waals surface area contributed by atoms with Gasteiger partial charge in [-0.25, -0.2) is 8.42 Å². The first-order valence-electron chi connectivity index (χ1n) is 10.0. The highest BCUT2D eigenvalue weighted by atomic mass is 32.2. The Morgan fingerprint density at radius 2 is 2.00 bits per heavy atom. The number of sulfonamides is 1. The van der Waals surface area contributed by atoms with E-state index in [1.165, 1.54) is 16.4 Å². The van der Waals surface area contributed by atoms with Crippen LogP contribution in [0.25, 0.3) is 0 Å². The lowest BCUT2D eigenvalue weighted by molar-refractivity contribution is -0.386. The van der Waals surface area contributed by atoms with Crippen LogP contribution in [0.5, 0.6) is 5.75 Å². The minimum atomic E-state index is -3.72. The highest BCUT2D eigenvalue weighted by molar-refractivity contribution is 7.89. The van der Waals surface area contributed by atoms with E-state index in [0.717, 1.165) is 32.0 Å². The van der Waals surface area contributed by atoms with Gasteiger partial charge >= 0.3 is 5.69 Å². The third-order valence-corrected chi connectivity index (χ3v) is 7.00. The first kappa shape index (κ1) is 21.9.